The first kappa shape index (κ1) is 13.8. The minimum Gasteiger partial charge on any atom is -0.268 e. The van der Waals surface area contributed by atoms with Crippen LogP contribution in [0.4, 0.5) is 5.95 Å². The number of imide groups is 1. The Morgan fingerprint density at radius 3 is 2.22 bits per heavy atom. The summed E-state index contributed by atoms with van der Waals surface area (Å²) in [5.74, 6) is -0.603. The summed E-state index contributed by atoms with van der Waals surface area (Å²) in [6.07, 6.45) is 0. The molecule has 2 amide bonds. The maximum atomic E-state index is 12.5. The van der Waals surface area contributed by atoms with Gasteiger partial charge in [-0.25, -0.2) is 9.88 Å². The van der Waals surface area contributed by atoms with Crippen molar-refractivity contribution in [2.24, 2.45) is 0 Å². The molecule has 0 unspecified atom stereocenters. The second-order valence-electron chi connectivity index (χ2n) is 5.21. The number of hydrogen-bond donors (Lipinski definition) is 0. The number of nitrogens with zero attached hydrogens (tertiary/aromatic N) is 5. The molecule has 1 aromatic carbocycles. The van der Waals surface area contributed by atoms with E-state index in [0.29, 0.717) is 27.5 Å². The van der Waals surface area contributed by atoms with Gasteiger partial charge >= 0.3 is 0 Å². The zero-order valence-corrected chi connectivity index (χ0v) is 13.0. The first-order chi connectivity index (χ1) is 11.0. The predicted octanol–water partition coefficient (Wildman–Crippen LogP) is 2.20. The van der Waals surface area contributed by atoms with Gasteiger partial charge in [0.25, 0.3) is 23.5 Å². The maximum absolute atomic E-state index is 12.5. The second-order valence-corrected chi connectivity index (χ2v) is 5.59. The van der Waals surface area contributed by atoms with Gasteiger partial charge in [0.05, 0.1) is 27.5 Å². The second kappa shape index (κ2) is 4.60. The van der Waals surface area contributed by atoms with Crippen LogP contribution in [0.1, 0.15) is 32.1 Å². The van der Waals surface area contributed by atoms with Gasteiger partial charge in [0.15, 0.2) is 0 Å². The van der Waals surface area contributed by atoms with Gasteiger partial charge in [-0.1, -0.05) is 23.7 Å². The van der Waals surface area contributed by atoms with Gasteiger partial charge in [-0.2, -0.15) is 9.50 Å². The fourth-order valence-electron chi connectivity index (χ4n) is 2.61. The van der Waals surface area contributed by atoms with Crippen molar-refractivity contribution in [3.05, 3.63) is 51.8 Å². The van der Waals surface area contributed by atoms with E-state index < -0.39 is 11.8 Å². The lowest BCUT2D eigenvalue weighted by molar-refractivity contribution is 0.0924. The number of carbonyl (C=O) groups excluding carboxylic acids is 2. The van der Waals surface area contributed by atoms with E-state index in [1.165, 1.54) is 4.52 Å². The topological polar surface area (TPSA) is 80.5 Å². The summed E-state index contributed by atoms with van der Waals surface area (Å²) in [7, 11) is 0. The van der Waals surface area contributed by atoms with Crippen LogP contribution in [-0.4, -0.2) is 31.4 Å². The smallest absolute Gasteiger partial charge is 0.268 e. The number of halogens is 1. The monoisotopic (exact) mass is 327 g/mol. The van der Waals surface area contributed by atoms with E-state index in [2.05, 4.69) is 15.1 Å². The molecule has 0 saturated heterocycles. The lowest BCUT2D eigenvalue weighted by atomic mass is 10.1. The summed E-state index contributed by atoms with van der Waals surface area (Å²) in [6, 6.07) is 6.63. The predicted molar refractivity (Wildman–Crippen MR) is 82.8 cm³/mol. The fourth-order valence-corrected chi connectivity index (χ4v) is 2.73. The van der Waals surface area contributed by atoms with Crippen LogP contribution in [0.2, 0.25) is 5.02 Å². The third-order valence-electron chi connectivity index (χ3n) is 3.79. The lowest BCUT2D eigenvalue weighted by Crippen LogP contribution is -2.30. The Hall–Kier alpha value is -2.80. The molecule has 0 spiro atoms. The Morgan fingerprint density at radius 1 is 1.00 bits per heavy atom. The van der Waals surface area contributed by atoms with Crippen LogP contribution in [0.25, 0.3) is 5.78 Å². The van der Waals surface area contributed by atoms with Gasteiger partial charge in [0, 0.05) is 0 Å². The summed E-state index contributed by atoms with van der Waals surface area (Å²) < 4.78 is 1.42. The number of anilines is 1. The molecule has 1 aliphatic rings. The van der Waals surface area contributed by atoms with Crippen LogP contribution < -0.4 is 4.90 Å². The van der Waals surface area contributed by atoms with Crippen LogP contribution in [-0.2, 0) is 0 Å². The normalized spacial score (nSPS) is 14.0. The van der Waals surface area contributed by atoms with Crippen LogP contribution in [0.15, 0.2) is 24.3 Å². The van der Waals surface area contributed by atoms with Crippen LogP contribution in [0.5, 0.6) is 0 Å². The summed E-state index contributed by atoms with van der Waals surface area (Å²) >= 11 is 6.16. The first-order valence-electron chi connectivity index (χ1n) is 6.86. The number of fused-ring (bicyclic) bond motifs is 2. The van der Waals surface area contributed by atoms with Gasteiger partial charge in [-0.3, -0.25) is 9.59 Å². The van der Waals surface area contributed by atoms with Gasteiger partial charge in [0.1, 0.15) is 0 Å². The molecule has 0 aliphatic carbocycles. The van der Waals surface area contributed by atoms with Crippen LogP contribution in [0, 0.1) is 13.8 Å². The first-order valence-corrected chi connectivity index (χ1v) is 7.24. The highest BCUT2D eigenvalue weighted by Gasteiger charge is 2.38. The van der Waals surface area contributed by atoms with Crippen molar-refractivity contribution < 1.29 is 9.59 Å². The van der Waals surface area contributed by atoms with Crippen LogP contribution in [0.3, 0.4) is 0 Å². The number of aryl methyl sites for hydroxylation is 2. The Balaban J connectivity index is 1.90. The SMILES string of the molecule is Cc1nc2nc(N3C(=O)c4ccccc4C3=O)nn2c(C)c1Cl. The summed E-state index contributed by atoms with van der Waals surface area (Å²) in [6.45, 7) is 3.52. The Kier molecular flexibility index (Phi) is 2.76. The molecule has 0 saturated carbocycles. The highest BCUT2D eigenvalue weighted by molar-refractivity contribution is 6.34. The van der Waals surface area contributed by atoms with E-state index in [0.717, 1.165) is 4.90 Å². The molecule has 0 atom stereocenters. The summed E-state index contributed by atoms with van der Waals surface area (Å²) in [5.41, 5.74) is 1.94. The summed E-state index contributed by atoms with van der Waals surface area (Å²) in [5, 5.41) is 4.69. The number of rotatable bonds is 1. The average molecular weight is 328 g/mol. The molecule has 3 aromatic rings. The van der Waals surface area contributed by atoms with Crippen molar-refractivity contribution >= 4 is 35.1 Å². The van der Waals surface area contributed by atoms with Crippen molar-refractivity contribution in [1.29, 1.82) is 0 Å². The van der Waals surface area contributed by atoms with Crippen molar-refractivity contribution in [1.82, 2.24) is 19.6 Å². The summed E-state index contributed by atoms with van der Waals surface area (Å²) in [4.78, 5) is 34.3. The van der Waals surface area contributed by atoms with Gasteiger partial charge in [-0.05, 0) is 26.0 Å². The molecule has 0 fully saturated rings. The zero-order valence-electron chi connectivity index (χ0n) is 12.2. The van der Waals surface area contributed by atoms with E-state index in [1.807, 2.05) is 0 Å². The molecular weight excluding hydrogens is 318 g/mol. The Labute approximate surface area is 135 Å². The van der Waals surface area contributed by atoms with E-state index >= 15 is 0 Å². The molecule has 8 heteroatoms. The molecule has 0 N–H and O–H groups in total. The zero-order chi connectivity index (χ0) is 16.3. The molecule has 4 rings (SSSR count). The van der Waals surface area contributed by atoms with Crippen molar-refractivity contribution in [2.75, 3.05) is 4.90 Å². The van der Waals surface area contributed by atoms with E-state index in [4.69, 9.17) is 11.6 Å². The maximum Gasteiger partial charge on any atom is 0.268 e. The molecule has 0 radical (unpaired) electrons. The molecule has 114 valence electrons. The van der Waals surface area contributed by atoms with E-state index in [-0.39, 0.29) is 11.7 Å². The molecule has 2 aromatic heterocycles. The van der Waals surface area contributed by atoms with Crippen molar-refractivity contribution in [3.8, 4) is 0 Å². The number of aromatic nitrogens is 4. The Morgan fingerprint density at radius 2 is 1.61 bits per heavy atom. The lowest BCUT2D eigenvalue weighted by Gasteiger charge is -2.07. The quantitative estimate of drug-likeness (QED) is 0.640. The minimum atomic E-state index is -0.443. The van der Waals surface area contributed by atoms with E-state index in [9.17, 15) is 9.59 Å². The highest BCUT2D eigenvalue weighted by atomic mass is 35.5. The van der Waals surface area contributed by atoms with Crippen molar-refractivity contribution in [2.45, 2.75) is 13.8 Å². The van der Waals surface area contributed by atoms with Gasteiger partial charge in [-0.15, -0.1) is 5.10 Å². The van der Waals surface area contributed by atoms with Gasteiger partial charge in [0.2, 0.25) is 0 Å². The Bertz CT molecular complexity index is 976. The molecular formula is C15H10ClN5O2. The molecule has 0 bridgehead atoms. The fraction of sp³-hybridized carbons (Fsp3) is 0.133. The van der Waals surface area contributed by atoms with Crippen LogP contribution >= 0.6 is 11.6 Å². The molecule has 1 aliphatic heterocycles. The average Bonchev–Trinajstić information content (AvgIpc) is 3.06. The third kappa shape index (κ3) is 1.80. The number of hydrogen-bond acceptors (Lipinski definition) is 5. The van der Waals surface area contributed by atoms with E-state index in [1.54, 1.807) is 38.1 Å². The minimum absolute atomic E-state index is 0.00605. The third-order valence-corrected chi connectivity index (χ3v) is 4.34. The molecule has 7 nitrogen and oxygen atoms in total. The number of carbonyl (C=O) groups is 2. The molecule has 3 heterocycles. The standard InChI is InChI=1S/C15H10ClN5O2/c1-7-11(16)8(2)21-14(17-7)18-15(19-21)20-12(22)9-5-3-4-6-10(9)13(20)23/h3-6H,1-2H3. The van der Waals surface area contributed by atoms with Crippen molar-refractivity contribution in [3.63, 3.8) is 0 Å². The molecule has 23 heavy (non-hydrogen) atoms. The van der Waals surface area contributed by atoms with Gasteiger partial charge < -0.3 is 0 Å². The highest BCUT2D eigenvalue weighted by Crippen LogP contribution is 2.27. The number of benzene rings is 1. The number of amides is 2. The largest absolute Gasteiger partial charge is 0.268 e.